The first-order chi connectivity index (χ1) is 6.72. The molecule has 0 fully saturated rings. The van der Waals surface area contributed by atoms with E-state index >= 15 is 0 Å². The van der Waals surface area contributed by atoms with Crippen LogP contribution in [-0.2, 0) is 24.3 Å². The van der Waals surface area contributed by atoms with Crippen molar-refractivity contribution in [3.8, 4) is 0 Å². The van der Waals surface area contributed by atoms with Gasteiger partial charge in [-0.25, -0.2) is 4.98 Å². The maximum absolute atomic E-state index is 5.20. The van der Waals surface area contributed by atoms with Gasteiger partial charge < -0.3 is 9.30 Å². The summed E-state index contributed by atoms with van der Waals surface area (Å²) < 4.78 is 7.53. The van der Waals surface area contributed by atoms with Gasteiger partial charge in [0.05, 0.1) is 18.0 Å². The molecule has 14 heavy (non-hydrogen) atoms. The molecule has 0 amide bonds. The van der Waals surface area contributed by atoms with Gasteiger partial charge in [-0.2, -0.15) is 0 Å². The van der Waals surface area contributed by atoms with Crippen molar-refractivity contribution in [3.63, 3.8) is 0 Å². The normalized spacial score (nSPS) is 20.9. The molecule has 3 heteroatoms. The topological polar surface area (TPSA) is 27.1 Å². The number of imidazole rings is 1. The number of ether oxygens (including phenoxy) is 1. The van der Waals surface area contributed by atoms with E-state index in [1.165, 1.54) is 17.9 Å². The van der Waals surface area contributed by atoms with Gasteiger partial charge in [-0.3, -0.25) is 0 Å². The van der Waals surface area contributed by atoms with E-state index in [9.17, 15) is 0 Å². The molecule has 1 aliphatic rings. The van der Waals surface area contributed by atoms with E-state index in [2.05, 4.69) is 23.4 Å². The smallest absolute Gasteiger partial charge is 0.109 e. The van der Waals surface area contributed by atoms with Crippen molar-refractivity contribution < 1.29 is 4.74 Å². The quantitative estimate of drug-likeness (QED) is 0.719. The van der Waals surface area contributed by atoms with E-state index in [0.717, 1.165) is 24.6 Å². The summed E-state index contributed by atoms with van der Waals surface area (Å²) in [4.78, 5) is 4.60. The molecule has 1 atom stereocenters. The fourth-order valence-electron chi connectivity index (χ4n) is 2.17. The fourth-order valence-corrected chi connectivity index (χ4v) is 2.17. The molecule has 1 aliphatic heterocycles. The SMILES string of the molecule is COCc1c(C)nc2n1CCC(C)C2. The van der Waals surface area contributed by atoms with Gasteiger partial charge in [-0.05, 0) is 19.3 Å². The minimum absolute atomic E-state index is 0.688. The number of aryl methyl sites for hydroxylation is 1. The van der Waals surface area contributed by atoms with Gasteiger partial charge in [0.1, 0.15) is 5.82 Å². The Morgan fingerprint density at radius 2 is 2.36 bits per heavy atom. The zero-order valence-electron chi connectivity index (χ0n) is 9.21. The molecular formula is C11H18N2O. The molecule has 1 unspecified atom stereocenters. The van der Waals surface area contributed by atoms with E-state index in [4.69, 9.17) is 4.74 Å². The molecular weight excluding hydrogens is 176 g/mol. The highest BCUT2D eigenvalue weighted by Gasteiger charge is 2.20. The number of methoxy groups -OCH3 is 1. The van der Waals surface area contributed by atoms with Crippen LogP contribution in [0.1, 0.15) is 30.6 Å². The Hall–Kier alpha value is -0.830. The molecule has 0 bridgehead atoms. The molecule has 1 aromatic rings. The average Bonchev–Trinajstić information content (AvgIpc) is 2.43. The Bertz CT molecular complexity index is 330. The third-order valence-corrected chi connectivity index (χ3v) is 3.01. The number of hydrogen-bond acceptors (Lipinski definition) is 2. The summed E-state index contributed by atoms with van der Waals surface area (Å²) in [6.07, 6.45) is 2.38. The van der Waals surface area contributed by atoms with E-state index in [0.29, 0.717) is 6.61 Å². The monoisotopic (exact) mass is 194 g/mol. The Morgan fingerprint density at radius 3 is 3.07 bits per heavy atom. The average molecular weight is 194 g/mol. The van der Waals surface area contributed by atoms with Gasteiger partial charge in [-0.1, -0.05) is 6.92 Å². The molecule has 0 aliphatic carbocycles. The summed E-state index contributed by atoms with van der Waals surface area (Å²) in [7, 11) is 1.74. The van der Waals surface area contributed by atoms with Crippen LogP contribution in [0.2, 0.25) is 0 Å². The summed E-state index contributed by atoms with van der Waals surface area (Å²) >= 11 is 0. The van der Waals surface area contributed by atoms with Crippen molar-refractivity contribution in [1.29, 1.82) is 0 Å². The first-order valence-corrected chi connectivity index (χ1v) is 5.26. The van der Waals surface area contributed by atoms with Gasteiger partial charge in [0.15, 0.2) is 0 Å². The highest BCUT2D eigenvalue weighted by molar-refractivity contribution is 5.17. The standard InChI is InChI=1S/C11H18N2O/c1-8-4-5-13-10(7-14-3)9(2)12-11(13)6-8/h8H,4-7H2,1-3H3. The molecule has 0 aromatic carbocycles. The molecule has 2 heterocycles. The van der Waals surface area contributed by atoms with Crippen molar-refractivity contribution in [3.05, 3.63) is 17.2 Å². The van der Waals surface area contributed by atoms with Crippen molar-refractivity contribution in [2.75, 3.05) is 7.11 Å². The van der Waals surface area contributed by atoms with Crippen molar-refractivity contribution >= 4 is 0 Å². The Morgan fingerprint density at radius 1 is 1.57 bits per heavy atom. The van der Waals surface area contributed by atoms with Crippen LogP contribution in [0.15, 0.2) is 0 Å². The molecule has 0 saturated heterocycles. The number of nitrogens with zero attached hydrogens (tertiary/aromatic N) is 2. The van der Waals surface area contributed by atoms with Crippen LogP contribution in [0.25, 0.3) is 0 Å². The predicted octanol–water partition coefficient (Wildman–Crippen LogP) is 1.92. The summed E-state index contributed by atoms with van der Waals surface area (Å²) in [5.74, 6) is 2.02. The van der Waals surface area contributed by atoms with Crippen LogP contribution < -0.4 is 0 Å². The van der Waals surface area contributed by atoms with Crippen molar-refractivity contribution in [1.82, 2.24) is 9.55 Å². The lowest BCUT2D eigenvalue weighted by molar-refractivity contribution is 0.175. The lowest BCUT2D eigenvalue weighted by Crippen LogP contribution is -2.19. The van der Waals surface area contributed by atoms with Crippen LogP contribution >= 0.6 is 0 Å². The van der Waals surface area contributed by atoms with Crippen LogP contribution in [0.4, 0.5) is 0 Å². The van der Waals surface area contributed by atoms with Gasteiger partial charge in [-0.15, -0.1) is 0 Å². The second-order valence-corrected chi connectivity index (χ2v) is 4.24. The first-order valence-electron chi connectivity index (χ1n) is 5.26. The minimum Gasteiger partial charge on any atom is -0.378 e. The van der Waals surface area contributed by atoms with Crippen LogP contribution in [0, 0.1) is 12.8 Å². The van der Waals surface area contributed by atoms with Crippen molar-refractivity contribution in [2.45, 2.75) is 39.8 Å². The van der Waals surface area contributed by atoms with E-state index < -0.39 is 0 Å². The van der Waals surface area contributed by atoms with E-state index in [1.54, 1.807) is 7.11 Å². The van der Waals surface area contributed by atoms with Crippen molar-refractivity contribution in [2.24, 2.45) is 5.92 Å². The largest absolute Gasteiger partial charge is 0.378 e. The lowest BCUT2D eigenvalue weighted by atomic mass is 10.0. The first kappa shape index (κ1) is 9.71. The fraction of sp³-hybridized carbons (Fsp3) is 0.727. The van der Waals surface area contributed by atoms with Crippen LogP contribution in [0.5, 0.6) is 0 Å². The molecule has 78 valence electrons. The lowest BCUT2D eigenvalue weighted by Gasteiger charge is -2.21. The summed E-state index contributed by atoms with van der Waals surface area (Å²) in [5.41, 5.74) is 2.39. The Balaban J connectivity index is 2.33. The van der Waals surface area contributed by atoms with E-state index in [-0.39, 0.29) is 0 Å². The highest BCUT2D eigenvalue weighted by atomic mass is 16.5. The van der Waals surface area contributed by atoms with Gasteiger partial charge in [0.2, 0.25) is 0 Å². The molecule has 0 saturated carbocycles. The predicted molar refractivity (Wildman–Crippen MR) is 55.2 cm³/mol. The zero-order valence-corrected chi connectivity index (χ0v) is 9.21. The second kappa shape index (κ2) is 3.73. The van der Waals surface area contributed by atoms with E-state index in [1.807, 2.05) is 0 Å². The third kappa shape index (κ3) is 1.57. The third-order valence-electron chi connectivity index (χ3n) is 3.01. The number of aromatic nitrogens is 2. The van der Waals surface area contributed by atoms with Gasteiger partial charge in [0, 0.05) is 20.1 Å². The van der Waals surface area contributed by atoms with Gasteiger partial charge >= 0.3 is 0 Å². The zero-order chi connectivity index (χ0) is 10.1. The maximum atomic E-state index is 5.20. The number of hydrogen-bond donors (Lipinski definition) is 0. The van der Waals surface area contributed by atoms with Crippen LogP contribution in [-0.4, -0.2) is 16.7 Å². The summed E-state index contributed by atoms with van der Waals surface area (Å²) in [5, 5.41) is 0. The maximum Gasteiger partial charge on any atom is 0.109 e. The van der Waals surface area contributed by atoms with Crippen LogP contribution in [0.3, 0.4) is 0 Å². The molecule has 1 aromatic heterocycles. The molecule has 0 spiro atoms. The minimum atomic E-state index is 0.688. The Labute approximate surface area is 85.1 Å². The summed E-state index contributed by atoms with van der Waals surface area (Å²) in [6.45, 7) is 6.16. The molecule has 0 radical (unpaired) electrons. The highest BCUT2D eigenvalue weighted by Crippen LogP contribution is 2.23. The second-order valence-electron chi connectivity index (χ2n) is 4.24. The summed E-state index contributed by atoms with van der Waals surface area (Å²) in [6, 6.07) is 0. The van der Waals surface area contributed by atoms with Gasteiger partial charge in [0.25, 0.3) is 0 Å². The Kier molecular flexibility index (Phi) is 2.59. The number of rotatable bonds is 2. The number of fused-ring (bicyclic) bond motifs is 1. The molecule has 2 rings (SSSR count). The molecule has 0 N–H and O–H groups in total. The molecule has 3 nitrogen and oxygen atoms in total.